The third kappa shape index (κ3) is 3.22. The number of aliphatic hydroxyl groups excluding tert-OH is 1. The van der Waals surface area contributed by atoms with Crippen LogP contribution in [-0.4, -0.2) is 28.6 Å². The molecule has 1 amide bonds. The first-order valence-corrected chi connectivity index (χ1v) is 7.55. The summed E-state index contributed by atoms with van der Waals surface area (Å²) in [6, 6.07) is 9.32. The van der Waals surface area contributed by atoms with E-state index < -0.39 is 0 Å². The van der Waals surface area contributed by atoms with E-state index in [4.69, 9.17) is 0 Å². The fraction of sp³-hybridized carbons (Fsp3) is 0.412. The van der Waals surface area contributed by atoms with Gasteiger partial charge in [0.2, 0.25) is 0 Å². The van der Waals surface area contributed by atoms with Gasteiger partial charge in [0.05, 0.1) is 11.6 Å². The van der Waals surface area contributed by atoms with E-state index in [1.54, 1.807) is 12.3 Å². The lowest BCUT2D eigenvalue weighted by Crippen LogP contribution is -2.36. The molecule has 2 N–H and O–H groups in total. The molecule has 1 aromatic heterocycles. The van der Waals surface area contributed by atoms with Gasteiger partial charge in [-0.05, 0) is 37.1 Å². The van der Waals surface area contributed by atoms with Crippen molar-refractivity contribution in [3.05, 3.63) is 42.1 Å². The van der Waals surface area contributed by atoms with E-state index >= 15 is 0 Å². The van der Waals surface area contributed by atoms with E-state index in [9.17, 15) is 9.90 Å². The molecule has 4 nitrogen and oxygen atoms in total. The van der Waals surface area contributed by atoms with Crippen LogP contribution in [0.5, 0.6) is 0 Å². The van der Waals surface area contributed by atoms with Gasteiger partial charge < -0.3 is 10.4 Å². The maximum absolute atomic E-state index is 12.2. The number of fused-ring (bicyclic) bond motifs is 1. The largest absolute Gasteiger partial charge is 0.393 e. The molecule has 0 spiro atoms. The Kier molecular flexibility index (Phi) is 4.15. The van der Waals surface area contributed by atoms with Crippen molar-refractivity contribution < 1.29 is 9.90 Å². The Morgan fingerprint density at radius 2 is 2.14 bits per heavy atom. The summed E-state index contributed by atoms with van der Waals surface area (Å²) in [5.41, 5.74) is 1.53. The Morgan fingerprint density at radius 1 is 1.29 bits per heavy atom. The maximum atomic E-state index is 12.2. The number of nitrogens with one attached hydrogen (secondary N) is 1. The number of rotatable bonds is 3. The molecule has 0 bridgehead atoms. The predicted octanol–water partition coefficient (Wildman–Crippen LogP) is 2.52. The van der Waals surface area contributed by atoms with E-state index in [2.05, 4.69) is 10.3 Å². The minimum atomic E-state index is -0.278. The molecule has 0 saturated heterocycles. The van der Waals surface area contributed by atoms with Crippen LogP contribution in [0.4, 0.5) is 0 Å². The second-order valence-corrected chi connectivity index (χ2v) is 5.73. The average Bonchev–Trinajstić information content (AvgIpc) is 2.53. The summed E-state index contributed by atoms with van der Waals surface area (Å²) < 4.78 is 0. The van der Waals surface area contributed by atoms with Gasteiger partial charge >= 0.3 is 0 Å². The minimum Gasteiger partial charge on any atom is -0.393 e. The SMILES string of the molecule is O=C(NC[C@@H]1CCCC[C@H]1O)c1ccc2ncccc2c1. The number of aromatic nitrogens is 1. The highest BCUT2D eigenvalue weighted by Gasteiger charge is 2.23. The minimum absolute atomic E-state index is 0.0847. The number of carbonyl (C=O) groups excluding carboxylic acids is 1. The van der Waals surface area contributed by atoms with Crippen molar-refractivity contribution >= 4 is 16.8 Å². The second kappa shape index (κ2) is 6.22. The van der Waals surface area contributed by atoms with Crippen LogP contribution in [0.3, 0.4) is 0 Å². The highest BCUT2D eigenvalue weighted by atomic mass is 16.3. The van der Waals surface area contributed by atoms with Gasteiger partial charge in [-0.1, -0.05) is 18.9 Å². The molecule has 0 aliphatic heterocycles. The van der Waals surface area contributed by atoms with Gasteiger partial charge in [0.25, 0.3) is 5.91 Å². The molecule has 0 unspecified atom stereocenters. The van der Waals surface area contributed by atoms with Crippen molar-refractivity contribution in [2.75, 3.05) is 6.54 Å². The number of aliphatic hydroxyl groups is 1. The maximum Gasteiger partial charge on any atom is 0.251 e. The van der Waals surface area contributed by atoms with Crippen LogP contribution in [0.2, 0.25) is 0 Å². The molecule has 110 valence electrons. The summed E-state index contributed by atoms with van der Waals surface area (Å²) in [5.74, 6) is 0.100. The topological polar surface area (TPSA) is 62.2 Å². The van der Waals surface area contributed by atoms with Gasteiger partial charge in [-0.2, -0.15) is 0 Å². The fourth-order valence-corrected chi connectivity index (χ4v) is 2.97. The average molecular weight is 284 g/mol. The van der Waals surface area contributed by atoms with Gasteiger partial charge in [-0.15, -0.1) is 0 Å². The van der Waals surface area contributed by atoms with Crippen molar-refractivity contribution in [1.29, 1.82) is 0 Å². The molecule has 4 heteroatoms. The van der Waals surface area contributed by atoms with Crippen molar-refractivity contribution in [2.45, 2.75) is 31.8 Å². The normalized spacial score (nSPS) is 22.1. The number of hydrogen-bond donors (Lipinski definition) is 2. The van der Waals surface area contributed by atoms with Crippen LogP contribution in [0.15, 0.2) is 36.5 Å². The molecule has 1 saturated carbocycles. The number of pyridine rings is 1. The lowest BCUT2D eigenvalue weighted by atomic mass is 9.86. The van der Waals surface area contributed by atoms with Crippen molar-refractivity contribution in [3.8, 4) is 0 Å². The molecular weight excluding hydrogens is 264 g/mol. The molecule has 21 heavy (non-hydrogen) atoms. The summed E-state index contributed by atoms with van der Waals surface area (Å²) in [4.78, 5) is 16.5. The zero-order valence-corrected chi connectivity index (χ0v) is 12.0. The van der Waals surface area contributed by atoms with Crippen LogP contribution < -0.4 is 5.32 Å². The number of amides is 1. The highest BCUT2D eigenvalue weighted by molar-refractivity contribution is 5.97. The monoisotopic (exact) mass is 284 g/mol. The Labute approximate surface area is 124 Å². The van der Waals surface area contributed by atoms with Crippen molar-refractivity contribution in [2.24, 2.45) is 5.92 Å². The zero-order chi connectivity index (χ0) is 14.7. The third-order valence-corrected chi connectivity index (χ3v) is 4.26. The summed E-state index contributed by atoms with van der Waals surface area (Å²) in [6.07, 6.45) is 5.53. The number of nitrogens with zero attached hydrogens (tertiary/aromatic N) is 1. The molecule has 1 heterocycles. The first-order chi connectivity index (χ1) is 10.2. The van der Waals surface area contributed by atoms with Gasteiger partial charge in [0, 0.05) is 29.6 Å². The Morgan fingerprint density at radius 3 is 3.00 bits per heavy atom. The fourth-order valence-electron chi connectivity index (χ4n) is 2.97. The molecule has 3 rings (SSSR count). The number of hydrogen-bond acceptors (Lipinski definition) is 3. The van der Waals surface area contributed by atoms with Crippen LogP contribution in [0, 0.1) is 5.92 Å². The summed E-state index contributed by atoms with van der Waals surface area (Å²) in [6.45, 7) is 0.547. The Hall–Kier alpha value is -1.94. The summed E-state index contributed by atoms with van der Waals surface area (Å²) >= 11 is 0. The van der Waals surface area contributed by atoms with E-state index in [0.29, 0.717) is 12.1 Å². The lowest BCUT2D eigenvalue weighted by molar-refractivity contribution is 0.0663. The van der Waals surface area contributed by atoms with Crippen molar-refractivity contribution in [1.82, 2.24) is 10.3 Å². The first kappa shape index (κ1) is 14.0. The standard InChI is InChI=1S/C17H20N2O2/c20-16-6-2-1-4-14(16)11-19-17(21)13-7-8-15-12(10-13)5-3-9-18-15/h3,5,7-10,14,16,20H,1-2,4,6,11H2,(H,19,21)/t14-,16+/m0/s1. The highest BCUT2D eigenvalue weighted by Crippen LogP contribution is 2.23. The van der Waals surface area contributed by atoms with Crippen molar-refractivity contribution in [3.63, 3.8) is 0 Å². The molecule has 1 fully saturated rings. The van der Waals surface area contributed by atoms with Gasteiger partial charge in [-0.25, -0.2) is 0 Å². The van der Waals surface area contributed by atoms with Crippen LogP contribution in [-0.2, 0) is 0 Å². The molecule has 0 radical (unpaired) electrons. The molecule has 1 aliphatic carbocycles. The quantitative estimate of drug-likeness (QED) is 0.910. The molecular formula is C17H20N2O2. The number of carbonyl (C=O) groups is 1. The van der Waals surface area contributed by atoms with Crippen LogP contribution >= 0.6 is 0 Å². The van der Waals surface area contributed by atoms with Crippen LogP contribution in [0.25, 0.3) is 10.9 Å². The van der Waals surface area contributed by atoms with Gasteiger partial charge in [0.15, 0.2) is 0 Å². The summed E-state index contributed by atoms with van der Waals surface area (Å²) in [5, 5.41) is 13.8. The Balaban J connectivity index is 1.66. The molecule has 1 aromatic carbocycles. The van der Waals surface area contributed by atoms with Gasteiger partial charge in [-0.3, -0.25) is 9.78 Å². The second-order valence-electron chi connectivity index (χ2n) is 5.73. The lowest BCUT2D eigenvalue weighted by Gasteiger charge is -2.27. The molecule has 1 aliphatic rings. The van der Waals surface area contributed by atoms with E-state index in [-0.39, 0.29) is 17.9 Å². The predicted molar refractivity (Wildman–Crippen MR) is 82.0 cm³/mol. The Bertz CT molecular complexity index is 641. The first-order valence-electron chi connectivity index (χ1n) is 7.55. The van der Waals surface area contributed by atoms with E-state index in [0.717, 1.165) is 36.6 Å². The summed E-state index contributed by atoms with van der Waals surface area (Å²) in [7, 11) is 0. The smallest absolute Gasteiger partial charge is 0.251 e. The number of benzene rings is 1. The molecule has 2 aromatic rings. The van der Waals surface area contributed by atoms with Gasteiger partial charge in [0.1, 0.15) is 0 Å². The van der Waals surface area contributed by atoms with E-state index in [1.807, 2.05) is 24.3 Å². The zero-order valence-electron chi connectivity index (χ0n) is 12.0. The van der Waals surface area contributed by atoms with E-state index in [1.165, 1.54) is 0 Å². The molecule has 2 atom stereocenters. The van der Waals surface area contributed by atoms with Crippen LogP contribution in [0.1, 0.15) is 36.0 Å². The third-order valence-electron chi connectivity index (χ3n) is 4.26.